The van der Waals surface area contributed by atoms with Crippen LogP contribution in [0.1, 0.15) is 212 Å². The molecule has 4 saturated carbocycles. The van der Waals surface area contributed by atoms with Gasteiger partial charge in [0.05, 0.1) is 28.7 Å². The summed E-state index contributed by atoms with van der Waals surface area (Å²) in [4.78, 5) is 79.2. The number of carbonyl (C=O) groups excluding carboxylic acids is 1. The van der Waals surface area contributed by atoms with Crippen LogP contribution in [0, 0.1) is 23.7 Å². The average molecular weight is 1140 g/mol. The van der Waals surface area contributed by atoms with E-state index in [0.29, 0.717) is 47.3 Å². The number of carbonyl (C=O) groups is 2. The zero-order chi connectivity index (χ0) is 55.6. The Morgan fingerprint density at radius 2 is 0.890 bits per heavy atom. The molecule has 2 aromatic carbocycles. The molecule has 4 saturated heterocycles. The van der Waals surface area contributed by atoms with Crippen molar-refractivity contribution in [3.8, 4) is 0 Å². The number of carboxylic acid groups (broad SMARTS) is 1. The fraction of sp³-hybridized carbons (Fsp3) is 0.688. The van der Waals surface area contributed by atoms with E-state index in [9.17, 15) is 24.3 Å². The molecule has 2 N–H and O–H groups in total. The summed E-state index contributed by atoms with van der Waals surface area (Å²) in [5.74, 6) is 1.54. The van der Waals surface area contributed by atoms with Gasteiger partial charge >= 0.3 is 41.5 Å². The molecule has 0 spiro atoms. The summed E-state index contributed by atoms with van der Waals surface area (Å²) in [5, 5.41) is 17.9. The zero-order valence-corrected chi connectivity index (χ0v) is 51.7. The van der Waals surface area contributed by atoms with Gasteiger partial charge in [-0.3, -0.25) is 19.4 Å². The van der Waals surface area contributed by atoms with Gasteiger partial charge in [-0.2, -0.15) is 0 Å². The van der Waals surface area contributed by atoms with Crippen molar-refractivity contribution in [3.63, 3.8) is 0 Å². The summed E-state index contributed by atoms with van der Waals surface area (Å²) in [6.07, 6.45) is 29.9. The quantitative estimate of drug-likeness (QED) is 0.0578. The summed E-state index contributed by atoms with van der Waals surface area (Å²) >= 11 is 0. The molecule has 17 nitrogen and oxygen atoms in total. The number of esters is 1. The first-order valence-corrected chi connectivity index (χ1v) is 31.3. The van der Waals surface area contributed by atoms with E-state index in [-0.39, 0.29) is 94.2 Å². The normalized spacial score (nSPS) is 30.4. The summed E-state index contributed by atoms with van der Waals surface area (Å²) in [6, 6.07) is 18.6. The minimum absolute atomic E-state index is 0. The first-order valence-electron chi connectivity index (χ1n) is 31.3. The number of piperidine rings is 4. The number of benzene rings is 2. The Morgan fingerprint density at radius 1 is 0.524 bits per heavy atom. The van der Waals surface area contributed by atoms with E-state index >= 15 is 0 Å². The van der Waals surface area contributed by atoms with E-state index in [1.807, 2.05) is 71.5 Å². The van der Waals surface area contributed by atoms with Gasteiger partial charge in [-0.05, 0) is 172 Å². The number of nitrogens with zero attached hydrogens (tertiary/aromatic N) is 8. The number of rotatable bonds is 13. The summed E-state index contributed by atoms with van der Waals surface area (Å²) in [6.45, 7) is 9.09. The predicted molar refractivity (Wildman–Crippen MR) is 313 cm³/mol. The minimum Gasteiger partial charge on any atom is -0.870 e. The Balaban J connectivity index is 0.000000193. The van der Waals surface area contributed by atoms with E-state index in [2.05, 4.69) is 30.1 Å². The molecule has 4 aliphatic heterocycles. The van der Waals surface area contributed by atoms with Crippen LogP contribution in [0.15, 0.2) is 68.4 Å². The van der Waals surface area contributed by atoms with Gasteiger partial charge in [-0.15, -0.1) is 0 Å². The summed E-state index contributed by atoms with van der Waals surface area (Å²) < 4.78 is 9.04. The molecule has 0 amide bonds. The molecule has 4 aromatic rings. The van der Waals surface area contributed by atoms with Crippen molar-refractivity contribution < 1.29 is 64.1 Å². The third-order valence-electron chi connectivity index (χ3n) is 19.7. The molecule has 6 unspecified atom stereocenters. The van der Waals surface area contributed by atoms with Crippen LogP contribution >= 0.6 is 0 Å². The minimum atomic E-state index is -1.31. The van der Waals surface area contributed by atoms with Gasteiger partial charge in [0, 0.05) is 48.3 Å². The molecule has 18 heteroatoms. The van der Waals surface area contributed by atoms with E-state index in [1.54, 1.807) is 20.8 Å². The number of fused-ring (bicyclic) bond motifs is 10. The molecule has 10 atom stereocenters. The Morgan fingerprint density at radius 3 is 1.26 bits per heavy atom. The van der Waals surface area contributed by atoms with Crippen molar-refractivity contribution in [2.75, 3.05) is 6.61 Å². The summed E-state index contributed by atoms with van der Waals surface area (Å²) in [5.41, 5.74) is 1.45. The maximum Gasteiger partial charge on any atom is 1.00 e. The number of oxime groups is 2. The van der Waals surface area contributed by atoms with Crippen LogP contribution in [0.3, 0.4) is 0 Å². The molecule has 0 radical (unpaired) electrons. The number of ether oxygens (including phenoxy) is 1. The molecule has 8 bridgehead atoms. The van der Waals surface area contributed by atoms with Gasteiger partial charge in [0.25, 0.3) is 11.1 Å². The van der Waals surface area contributed by atoms with Crippen LogP contribution in [-0.2, 0) is 24.0 Å². The number of para-hydroxylation sites is 4. The Bertz CT molecular complexity index is 3000. The van der Waals surface area contributed by atoms with E-state index in [0.717, 1.165) is 60.4 Å². The second kappa shape index (κ2) is 27.7. The van der Waals surface area contributed by atoms with Crippen molar-refractivity contribution in [2.45, 2.75) is 249 Å². The van der Waals surface area contributed by atoms with Gasteiger partial charge < -0.3 is 34.1 Å². The predicted octanol–water partition coefficient (Wildman–Crippen LogP) is 8.36. The molecule has 8 aliphatic rings. The van der Waals surface area contributed by atoms with E-state index < -0.39 is 17.7 Å². The van der Waals surface area contributed by atoms with Crippen LogP contribution in [0.2, 0.25) is 0 Å². The molecule has 6 heterocycles. The van der Waals surface area contributed by atoms with Crippen LogP contribution in [0.5, 0.6) is 0 Å². The Kier molecular flexibility index (Phi) is 20.9. The molecular weight excluding hydrogens is 1050 g/mol. The standard InChI is InChI=1S/C33H46N4O4.C31H42N4O4.Na.H2O/c1-4-40-33(39)31(35-41-21(2)3)30-32(38)37(29-15-8-7-14-28(29)34-30)27-19-24-12-9-13-25(20-27)36(24)26-17-22-10-5-6-11-23(16-22)18-26;1-19(2)39-33-29(31(37)38)28-30(36)35(27-13-6-5-12-26(27)32-28)25-17-22-10-7-11-23(18-25)34(22)24-15-20-8-3-4-9-21(14-20)16-24;;/h7-8,14-15,21-27H,4-6,9-13,16-20H2,1-3H3;5-6,12-13,19-25H,3-4,7-11,14-18H2,1-2H3,(H,37,38);;1H2/q;;+1;/p-1/b35-31-;33-29-;;/t22?,23?,24-,25+,26?,27?;20?,21?,22-,23+,24?,25?;;. The molecule has 4 aliphatic carbocycles. The van der Waals surface area contributed by atoms with Gasteiger partial charge in [0.2, 0.25) is 11.4 Å². The molecular formula is C64H89N8NaO9. The SMILES string of the molecule is CC(C)O/N=C(\C(=O)O)c1nc2ccccc2n(C2C[C@H]3CCC[C@@H](C2)N3C2CC3CCCCC(C3)C2)c1=O.CCOC(=O)/C(=N\OC(C)C)c1nc2ccccc2n(C2C[C@H]3CCC[C@@H](C2)N3C2CC3CCCCC(C3)C2)c1=O.[Na+].[OH-]. The van der Waals surface area contributed by atoms with Crippen molar-refractivity contribution >= 4 is 45.4 Å². The third-order valence-corrected chi connectivity index (χ3v) is 19.7. The number of carboxylic acids is 1. The summed E-state index contributed by atoms with van der Waals surface area (Å²) in [7, 11) is 0. The van der Waals surface area contributed by atoms with Crippen LogP contribution in [-0.4, -0.2) is 118 Å². The van der Waals surface area contributed by atoms with E-state index in [4.69, 9.17) is 14.4 Å². The monoisotopic (exact) mass is 1140 g/mol. The molecule has 82 heavy (non-hydrogen) atoms. The number of aromatic nitrogens is 4. The zero-order valence-electron chi connectivity index (χ0n) is 49.7. The first-order chi connectivity index (χ1) is 38.8. The maximum atomic E-state index is 14.3. The second-order valence-corrected chi connectivity index (χ2v) is 25.8. The average Bonchev–Trinajstić information content (AvgIpc) is 3.86. The van der Waals surface area contributed by atoms with Crippen molar-refractivity contribution in [3.05, 3.63) is 80.6 Å². The van der Waals surface area contributed by atoms with E-state index in [1.165, 1.54) is 128 Å². The molecule has 12 rings (SSSR count). The largest absolute Gasteiger partial charge is 1.00 e. The van der Waals surface area contributed by atoms with Crippen LogP contribution < -0.4 is 40.7 Å². The van der Waals surface area contributed by atoms with Crippen LogP contribution in [0.25, 0.3) is 22.1 Å². The first kappa shape index (κ1) is 62.0. The third kappa shape index (κ3) is 13.4. The van der Waals surface area contributed by atoms with Gasteiger partial charge in [-0.25, -0.2) is 19.6 Å². The fourth-order valence-electron chi connectivity index (χ4n) is 16.8. The van der Waals surface area contributed by atoms with Crippen molar-refractivity contribution in [2.24, 2.45) is 34.0 Å². The van der Waals surface area contributed by atoms with Gasteiger partial charge in [0.15, 0.2) is 11.4 Å². The number of hydrogen-bond acceptors (Lipinski definition) is 14. The number of aliphatic carboxylic acids is 1. The van der Waals surface area contributed by atoms with Crippen molar-refractivity contribution in [1.82, 2.24) is 28.9 Å². The molecule has 8 fully saturated rings. The van der Waals surface area contributed by atoms with Crippen LogP contribution in [0.4, 0.5) is 0 Å². The van der Waals surface area contributed by atoms with Gasteiger partial charge in [0.1, 0.15) is 12.2 Å². The topological polar surface area (TPSA) is 213 Å². The van der Waals surface area contributed by atoms with Crippen molar-refractivity contribution in [1.29, 1.82) is 0 Å². The van der Waals surface area contributed by atoms with Gasteiger partial charge in [-0.1, -0.05) is 98.8 Å². The Hall–Kier alpha value is -4.52. The maximum absolute atomic E-state index is 14.3. The Labute approximate surface area is 506 Å². The molecule has 2 aromatic heterocycles. The smallest absolute Gasteiger partial charge is 0.870 e. The molecule has 440 valence electrons. The number of hydrogen-bond donors (Lipinski definition) is 1. The fourth-order valence-corrected chi connectivity index (χ4v) is 16.8. The second-order valence-electron chi connectivity index (χ2n) is 25.8.